The van der Waals surface area contributed by atoms with Crippen molar-refractivity contribution < 1.29 is 4.79 Å². The van der Waals surface area contributed by atoms with Crippen LogP contribution in [-0.2, 0) is 4.79 Å². The Morgan fingerprint density at radius 2 is 2.11 bits per heavy atom. The third-order valence-electron chi connectivity index (χ3n) is 4.24. The number of amides is 1. The molecule has 1 amide bonds. The van der Waals surface area contributed by atoms with Crippen LogP contribution in [0.25, 0.3) is 0 Å². The fourth-order valence-corrected chi connectivity index (χ4v) is 2.96. The predicted molar refractivity (Wildman–Crippen MR) is 74.4 cm³/mol. The lowest BCUT2D eigenvalue weighted by Crippen LogP contribution is -2.48. The van der Waals surface area contributed by atoms with Crippen LogP contribution in [0.2, 0.25) is 0 Å². The molecule has 2 aliphatic rings. The van der Waals surface area contributed by atoms with Crippen LogP contribution in [0.5, 0.6) is 0 Å². The molecule has 2 fully saturated rings. The van der Waals surface area contributed by atoms with Gasteiger partial charge in [0.2, 0.25) is 5.91 Å². The fourth-order valence-electron chi connectivity index (χ4n) is 2.96. The number of nitrogens with one attached hydrogen (secondary N) is 1. The van der Waals surface area contributed by atoms with Crippen molar-refractivity contribution in [3.63, 3.8) is 0 Å². The minimum atomic E-state index is 0.208. The van der Waals surface area contributed by atoms with Crippen LogP contribution < -0.4 is 5.32 Å². The molecule has 0 aromatic rings. The van der Waals surface area contributed by atoms with Crippen molar-refractivity contribution in [2.75, 3.05) is 13.1 Å². The summed E-state index contributed by atoms with van der Waals surface area (Å²) in [4.78, 5) is 14.7. The average Bonchev–Trinajstić information content (AvgIpc) is 3.21. The lowest BCUT2D eigenvalue weighted by Gasteiger charge is -2.32. The van der Waals surface area contributed by atoms with Gasteiger partial charge in [0.25, 0.3) is 0 Å². The van der Waals surface area contributed by atoms with E-state index in [2.05, 4.69) is 24.1 Å². The molecule has 0 bridgehead atoms. The Labute approximate surface area is 111 Å². The lowest BCUT2D eigenvalue weighted by atomic mass is 10.0. The van der Waals surface area contributed by atoms with Gasteiger partial charge in [0.15, 0.2) is 0 Å². The number of carbonyl (C=O) groups excluding carboxylic acids is 1. The minimum Gasteiger partial charge on any atom is -0.338 e. The Kier molecular flexibility index (Phi) is 5.04. The summed E-state index contributed by atoms with van der Waals surface area (Å²) in [5.41, 5.74) is 0. The maximum Gasteiger partial charge on any atom is 0.225 e. The molecule has 18 heavy (non-hydrogen) atoms. The highest BCUT2D eigenvalue weighted by molar-refractivity contribution is 5.79. The molecular formula is C15H28N2O. The van der Waals surface area contributed by atoms with E-state index in [0.717, 1.165) is 25.9 Å². The Hall–Kier alpha value is -0.570. The van der Waals surface area contributed by atoms with E-state index in [-0.39, 0.29) is 5.92 Å². The summed E-state index contributed by atoms with van der Waals surface area (Å²) in [5, 5.41) is 3.56. The van der Waals surface area contributed by atoms with Crippen LogP contribution in [0.3, 0.4) is 0 Å². The monoisotopic (exact) mass is 252 g/mol. The molecule has 3 nitrogen and oxygen atoms in total. The zero-order chi connectivity index (χ0) is 13.0. The summed E-state index contributed by atoms with van der Waals surface area (Å²) in [6, 6.07) is 1.10. The fraction of sp³-hybridized carbons (Fsp3) is 0.933. The van der Waals surface area contributed by atoms with E-state index in [4.69, 9.17) is 0 Å². The molecule has 1 heterocycles. The van der Waals surface area contributed by atoms with Crippen LogP contribution in [0, 0.1) is 5.92 Å². The summed E-state index contributed by atoms with van der Waals surface area (Å²) in [6.07, 6.45) is 8.41. The number of hydrogen-bond donors (Lipinski definition) is 1. The van der Waals surface area contributed by atoms with Gasteiger partial charge in [-0.05, 0) is 38.6 Å². The van der Waals surface area contributed by atoms with Gasteiger partial charge in [0, 0.05) is 24.5 Å². The van der Waals surface area contributed by atoms with Gasteiger partial charge in [0.1, 0.15) is 0 Å². The van der Waals surface area contributed by atoms with Crippen molar-refractivity contribution >= 4 is 5.91 Å². The Balaban J connectivity index is 1.88. The molecule has 0 aromatic heterocycles. The first kappa shape index (κ1) is 13.9. The van der Waals surface area contributed by atoms with Gasteiger partial charge < -0.3 is 10.2 Å². The lowest BCUT2D eigenvalue weighted by molar-refractivity contribution is -0.136. The number of carbonyl (C=O) groups is 1. The van der Waals surface area contributed by atoms with E-state index in [1.165, 1.54) is 32.1 Å². The van der Waals surface area contributed by atoms with Gasteiger partial charge in [0.05, 0.1) is 0 Å². The molecule has 2 atom stereocenters. The molecule has 104 valence electrons. The van der Waals surface area contributed by atoms with Crippen molar-refractivity contribution in [1.82, 2.24) is 10.2 Å². The SMILES string of the molecule is CCCC(C)C(=O)N(CC1CCCCN1)C1CC1. The third-order valence-corrected chi connectivity index (χ3v) is 4.24. The maximum absolute atomic E-state index is 12.5. The Morgan fingerprint density at radius 3 is 2.67 bits per heavy atom. The largest absolute Gasteiger partial charge is 0.338 e. The minimum absolute atomic E-state index is 0.208. The quantitative estimate of drug-likeness (QED) is 0.788. The number of nitrogens with zero attached hydrogens (tertiary/aromatic N) is 1. The molecule has 2 rings (SSSR count). The van der Waals surface area contributed by atoms with Crippen LogP contribution in [0.15, 0.2) is 0 Å². The highest BCUT2D eigenvalue weighted by Crippen LogP contribution is 2.29. The predicted octanol–water partition coefficient (Wildman–Crippen LogP) is 2.56. The normalized spacial score (nSPS) is 25.8. The smallest absolute Gasteiger partial charge is 0.225 e. The summed E-state index contributed by atoms with van der Waals surface area (Å²) in [5.74, 6) is 0.603. The highest BCUT2D eigenvalue weighted by Gasteiger charge is 2.35. The molecule has 0 aromatic carbocycles. The molecular weight excluding hydrogens is 224 g/mol. The van der Waals surface area contributed by atoms with E-state index in [9.17, 15) is 4.79 Å². The van der Waals surface area contributed by atoms with Crippen molar-refractivity contribution in [3.05, 3.63) is 0 Å². The van der Waals surface area contributed by atoms with Gasteiger partial charge in [-0.3, -0.25) is 4.79 Å². The van der Waals surface area contributed by atoms with Crippen molar-refractivity contribution in [2.45, 2.75) is 70.9 Å². The third kappa shape index (κ3) is 3.71. The average molecular weight is 252 g/mol. The second-order valence-electron chi connectivity index (χ2n) is 6.06. The Bertz CT molecular complexity index is 270. The van der Waals surface area contributed by atoms with E-state index >= 15 is 0 Å². The molecule has 3 heteroatoms. The van der Waals surface area contributed by atoms with Crippen molar-refractivity contribution in [1.29, 1.82) is 0 Å². The highest BCUT2D eigenvalue weighted by atomic mass is 16.2. The van der Waals surface area contributed by atoms with E-state index in [1.807, 2.05) is 0 Å². The van der Waals surface area contributed by atoms with E-state index < -0.39 is 0 Å². The summed E-state index contributed by atoms with van der Waals surface area (Å²) >= 11 is 0. The van der Waals surface area contributed by atoms with Crippen LogP contribution in [-0.4, -0.2) is 36.0 Å². The van der Waals surface area contributed by atoms with Gasteiger partial charge >= 0.3 is 0 Å². The molecule has 0 radical (unpaired) electrons. The standard InChI is InChI=1S/C15H28N2O/c1-3-6-12(2)15(18)17(14-8-9-14)11-13-7-4-5-10-16-13/h12-14,16H,3-11H2,1-2H3. The molecule has 1 saturated heterocycles. The van der Waals surface area contributed by atoms with Gasteiger partial charge in [-0.2, -0.15) is 0 Å². The van der Waals surface area contributed by atoms with Crippen molar-refractivity contribution in [2.24, 2.45) is 5.92 Å². The zero-order valence-corrected chi connectivity index (χ0v) is 12.0. The van der Waals surface area contributed by atoms with Gasteiger partial charge in [-0.25, -0.2) is 0 Å². The molecule has 2 unspecified atom stereocenters. The first-order valence-electron chi connectivity index (χ1n) is 7.76. The van der Waals surface area contributed by atoms with E-state index in [1.54, 1.807) is 0 Å². The summed E-state index contributed by atoms with van der Waals surface area (Å²) < 4.78 is 0. The molecule has 0 spiro atoms. The maximum atomic E-state index is 12.5. The van der Waals surface area contributed by atoms with Crippen LogP contribution in [0.4, 0.5) is 0 Å². The topological polar surface area (TPSA) is 32.3 Å². The zero-order valence-electron chi connectivity index (χ0n) is 12.0. The summed E-state index contributed by atoms with van der Waals surface area (Å²) in [7, 11) is 0. The number of hydrogen-bond acceptors (Lipinski definition) is 2. The first-order valence-corrected chi connectivity index (χ1v) is 7.76. The van der Waals surface area contributed by atoms with Crippen LogP contribution in [0.1, 0.15) is 58.8 Å². The second-order valence-corrected chi connectivity index (χ2v) is 6.06. The van der Waals surface area contributed by atoms with Gasteiger partial charge in [-0.15, -0.1) is 0 Å². The Morgan fingerprint density at radius 1 is 1.33 bits per heavy atom. The second kappa shape index (κ2) is 6.55. The number of piperidine rings is 1. The van der Waals surface area contributed by atoms with Crippen molar-refractivity contribution in [3.8, 4) is 0 Å². The molecule has 1 aliphatic heterocycles. The van der Waals surface area contributed by atoms with Crippen LogP contribution >= 0.6 is 0 Å². The molecule has 1 aliphatic carbocycles. The molecule has 1 saturated carbocycles. The molecule has 1 N–H and O–H groups in total. The van der Waals surface area contributed by atoms with E-state index in [0.29, 0.717) is 18.0 Å². The number of rotatable bonds is 6. The first-order chi connectivity index (χ1) is 8.72. The van der Waals surface area contributed by atoms with Gasteiger partial charge in [-0.1, -0.05) is 26.7 Å². The summed E-state index contributed by atoms with van der Waals surface area (Å²) in [6.45, 7) is 6.32.